The van der Waals surface area contributed by atoms with Crippen molar-refractivity contribution < 1.29 is 0 Å². The minimum Gasteiger partial charge on any atom is -0.354 e. The van der Waals surface area contributed by atoms with Crippen molar-refractivity contribution >= 4 is 17.8 Å². The number of anilines is 3. The largest absolute Gasteiger partial charge is 0.354 e. The van der Waals surface area contributed by atoms with Crippen molar-refractivity contribution in [3.05, 3.63) is 35.9 Å². The molecule has 1 aromatic heterocycles. The van der Waals surface area contributed by atoms with Crippen LogP contribution >= 0.6 is 0 Å². The average Bonchev–Trinajstić information content (AvgIpc) is 2.82. The van der Waals surface area contributed by atoms with E-state index in [1.54, 1.807) is 0 Å². The van der Waals surface area contributed by atoms with E-state index in [-0.39, 0.29) is 5.54 Å². The van der Waals surface area contributed by atoms with Crippen LogP contribution in [0.2, 0.25) is 0 Å². The van der Waals surface area contributed by atoms with E-state index in [0.29, 0.717) is 18.4 Å². The number of rotatable bonds is 12. The molecule has 6 rings (SSSR count). The van der Waals surface area contributed by atoms with E-state index >= 15 is 0 Å². The Bertz CT molecular complexity index is 893. The minimum atomic E-state index is 0.173. The van der Waals surface area contributed by atoms with Gasteiger partial charge in [-0.25, -0.2) is 0 Å². The van der Waals surface area contributed by atoms with Crippen molar-refractivity contribution in [3.63, 3.8) is 0 Å². The number of hydrogen-bond donors (Lipinski definition) is 3. The molecule has 0 amide bonds. The van der Waals surface area contributed by atoms with Gasteiger partial charge in [0.1, 0.15) is 0 Å². The highest BCUT2D eigenvalue weighted by Crippen LogP contribution is 2.56. The molecule has 1 heterocycles. The molecule has 1 aromatic carbocycles. The number of benzene rings is 1. The van der Waals surface area contributed by atoms with Crippen LogP contribution in [0.25, 0.3) is 0 Å². The predicted octanol–water partition coefficient (Wildman–Crippen LogP) is 5.01. The summed E-state index contributed by atoms with van der Waals surface area (Å²) in [7, 11) is 0. The van der Waals surface area contributed by atoms with E-state index < -0.39 is 0 Å². The van der Waals surface area contributed by atoms with Crippen LogP contribution in [0.4, 0.5) is 17.8 Å². The second kappa shape index (κ2) is 10.5. The van der Waals surface area contributed by atoms with Gasteiger partial charge in [0.2, 0.25) is 17.8 Å². The molecule has 0 aliphatic heterocycles. The average molecular weight is 464 g/mol. The van der Waals surface area contributed by atoms with Crippen LogP contribution in [-0.2, 0) is 6.54 Å². The van der Waals surface area contributed by atoms with Crippen molar-refractivity contribution in [3.8, 4) is 0 Å². The first-order chi connectivity index (χ1) is 16.6. The lowest BCUT2D eigenvalue weighted by Crippen LogP contribution is -2.55. The predicted molar refractivity (Wildman–Crippen MR) is 139 cm³/mol. The molecule has 0 radical (unpaired) electrons. The van der Waals surface area contributed by atoms with Crippen LogP contribution in [0.3, 0.4) is 0 Å². The Hall–Kier alpha value is -2.41. The van der Waals surface area contributed by atoms with Crippen molar-refractivity contribution in [1.29, 1.82) is 0 Å². The summed E-state index contributed by atoms with van der Waals surface area (Å²) >= 11 is 0. The van der Waals surface area contributed by atoms with Gasteiger partial charge in [-0.15, -0.1) is 0 Å². The first kappa shape index (κ1) is 23.3. The maximum absolute atomic E-state index is 4.82. The molecule has 4 fully saturated rings. The highest BCUT2D eigenvalue weighted by molar-refractivity contribution is 5.44. The van der Waals surface area contributed by atoms with Crippen LogP contribution in [0, 0.1) is 17.8 Å². The van der Waals surface area contributed by atoms with Gasteiger partial charge in [0.25, 0.3) is 0 Å². The molecule has 4 aliphatic carbocycles. The van der Waals surface area contributed by atoms with Crippen molar-refractivity contribution in [2.24, 2.45) is 17.8 Å². The summed E-state index contributed by atoms with van der Waals surface area (Å²) in [4.78, 5) is 16.8. The zero-order chi connectivity index (χ0) is 23.4. The highest BCUT2D eigenvalue weighted by atomic mass is 15.3. The van der Waals surface area contributed by atoms with Gasteiger partial charge in [-0.1, -0.05) is 44.2 Å². The maximum Gasteiger partial charge on any atom is 0.229 e. The monoisotopic (exact) mass is 463 g/mol. The van der Waals surface area contributed by atoms with Gasteiger partial charge in [0.05, 0.1) is 0 Å². The van der Waals surface area contributed by atoms with Crippen molar-refractivity contribution in [1.82, 2.24) is 19.9 Å². The van der Waals surface area contributed by atoms with Crippen LogP contribution < -0.4 is 16.0 Å². The Labute approximate surface area is 204 Å². The SMILES string of the molecule is CCN(CC)CCCNc1nc(NCc2ccccc2)nc(NC23CC4CC(CC(C4)C2)C3)n1. The number of nitrogens with zero attached hydrogens (tertiary/aromatic N) is 4. The smallest absolute Gasteiger partial charge is 0.229 e. The van der Waals surface area contributed by atoms with Crippen molar-refractivity contribution in [2.45, 2.75) is 70.9 Å². The maximum atomic E-state index is 4.82. The molecule has 7 heteroatoms. The molecule has 0 unspecified atom stereocenters. The van der Waals surface area contributed by atoms with E-state index in [9.17, 15) is 0 Å². The second-order valence-corrected chi connectivity index (χ2v) is 10.8. The van der Waals surface area contributed by atoms with E-state index in [2.05, 4.69) is 59.0 Å². The number of hydrogen-bond acceptors (Lipinski definition) is 7. The topological polar surface area (TPSA) is 78.0 Å². The summed E-state index contributed by atoms with van der Waals surface area (Å²) in [6, 6.07) is 10.4. The quantitative estimate of drug-likeness (QED) is 0.382. The summed E-state index contributed by atoms with van der Waals surface area (Å²) in [5.74, 6) is 4.67. The van der Waals surface area contributed by atoms with Gasteiger partial charge in [0.15, 0.2) is 0 Å². The van der Waals surface area contributed by atoms with Crippen LogP contribution in [-0.4, -0.2) is 51.6 Å². The van der Waals surface area contributed by atoms with Gasteiger partial charge in [-0.3, -0.25) is 0 Å². The normalized spacial score (nSPS) is 27.2. The summed E-state index contributed by atoms with van der Waals surface area (Å²) in [6.45, 7) is 9.26. The lowest BCUT2D eigenvalue weighted by atomic mass is 9.53. The Kier molecular flexibility index (Phi) is 7.18. The second-order valence-electron chi connectivity index (χ2n) is 10.8. The van der Waals surface area contributed by atoms with E-state index in [1.807, 2.05) is 6.07 Å². The molecular formula is C27H41N7. The van der Waals surface area contributed by atoms with E-state index in [0.717, 1.165) is 56.3 Å². The first-order valence-electron chi connectivity index (χ1n) is 13.4. The molecule has 7 nitrogen and oxygen atoms in total. The Morgan fingerprint density at radius 1 is 0.824 bits per heavy atom. The molecular weight excluding hydrogens is 422 g/mol. The fraction of sp³-hybridized carbons (Fsp3) is 0.667. The molecule has 4 aliphatic rings. The standard InChI is InChI=1S/C27H41N7/c1-3-34(4-2)12-8-11-28-24-30-25(29-19-20-9-6-5-7-10-20)32-26(31-24)33-27-16-21-13-22(17-27)15-23(14-21)18-27/h5-7,9-10,21-23H,3-4,8,11-19H2,1-2H3,(H3,28,29,30,31,32,33). The van der Waals surface area contributed by atoms with Crippen LogP contribution in [0.1, 0.15) is 64.4 Å². The molecule has 0 saturated heterocycles. The Balaban J connectivity index is 1.28. The molecule has 3 N–H and O–H groups in total. The van der Waals surface area contributed by atoms with Gasteiger partial charge >= 0.3 is 0 Å². The molecule has 34 heavy (non-hydrogen) atoms. The summed E-state index contributed by atoms with van der Waals surface area (Å²) in [5, 5.41) is 10.7. The van der Waals surface area contributed by atoms with E-state index in [1.165, 1.54) is 44.1 Å². The highest BCUT2D eigenvalue weighted by Gasteiger charge is 2.51. The lowest BCUT2D eigenvalue weighted by molar-refractivity contribution is 0.0103. The summed E-state index contributed by atoms with van der Waals surface area (Å²) in [5.41, 5.74) is 1.39. The Morgan fingerprint density at radius 3 is 2.03 bits per heavy atom. The minimum absolute atomic E-state index is 0.173. The third kappa shape index (κ3) is 5.62. The molecule has 4 saturated carbocycles. The summed E-state index contributed by atoms with van der Waals surface area (Å²) in [6.07, 6.45) is 9.17. The summed E-state index contributed by atoms with van der Waals surface area (Å²) < 4.78 is 0. The van der Waals surface area contributed by atoms with Gasteiger partial charge in [-0.2, -0.15) is 15.0 Å². The first-order valence-corrected chi connectivity index (χ1v) is 13.4. The van der Waals surface area contributed by atoms with Crippen LogP contribution in [0.5, 0.6) is 0 Å². The molecule has 4 bridgehead atoms. The molecule has 184 valence electrons. The van der Waals surface area contributed by atoms with Gasteiger partial charge < -0.3 is 20.9 Å². The van der Waals surface area contributed by atoms with Crippen molar-refractivity contribution in [2.75, 3.05) is 42.1 Å². The fourth-order valence-corrected chi connectivity index (χ4v) is 6.91. The molecule has 0 atom stereocenters. The van der Waals surface area contributed by atoms with E-state index in [4.69, 9.17) is 15.0 Å². The van der Waals surface area contributed by atoms with Crippen LogP contribution in [0.15, 0.2) is 30.3 Å². The zero-order valence-electron chi connectivity index (χ0n) is 20.9. The lowest BCUT2D eigenvalue weighted by Gasteiger charge is -2.56. The van der Waals surface area contributed by atoms with Gasteiger partial charge in [-0.05, 0) is 87.9 Å². The fourth-order valence-electron chi connectivity index (χ4n) is 6.91. The molecule has 2 aromatic rings. The third-order valence-electron chi connectivity index (χ3n) is 8.17. The molecule has 0 spiro atoms. The van der Waals surface area contributed by atoms with Gasteiger partial charge in [0, 0.05) is 18.6 Å². The Morgan fingerprint density at radius 2 is 1.41 bits per heavy atom. The third-order valence-corrected chi connectivity index (χ3v) is 8.17. The number of aromatic nitrogens is 3. The zero-order valence-corrected chi connectivity index (χ0v) is 20.9. The number of nitrogens with one attached hydrogen (secondary N) is 3.